The average Bonchev–Trinajstić information content (AvgIpc) is 2.78. The van der Waals surface area contributed by atoms with Crippen molar-refractivity contribution in [2.24, 2.45) is 0 Å². The molecule has 0 saturated heterocycles. The first-order valence-corrected chi connectivity index (χ1v) is 11.7. The number of amides is 1. The monoisotopic (exact) mass is 437 g/mol. The minimum absolute atomic E-state index is 0.169. The normalized spacial score (nSPS) is 12.4. The molecule has 0 fully saturated rings. The Morgan fingerprint density at radius 3 is 2.03 bits per heavy atom. The minimum atomic E-state index is -3.71. The van der Waals surface area contributed by atoms with Crippen LogP contribution >= 0.6 is 0 Å². The third kappa shape index (κ3) is 5.71. The molecule has 0 spiro atoms. The van der Waals surface area contributed by atoms with Gasteiger partial charge in [-0.25, -0.2) is 8.42 Å². The fourth-order valence-electron chi connectivity index (χ4n) is 3.44. The zero-order valence-corrected chi connectivity index (χ0v) is 18.5. The van der Waals surface area contributed by atoms with Crippen LogP contribution in [-0.4, -0.2) is 32.3 Å². The average molecular weight is 438 g/mol. The molecule has 0 bridgehead atoms. The van der Waals surface area contributed by atoms with Gasteiger partial charge in [0.2, 0.25) is 5.91 Å². The van der Waals surface area contributed by atoms with Gasteiger partial charge >= 0.3 is 0 Å². The molecule has 3 aromatic carbocycles. The Morgan fingerprint density at radius 2 is 1.42 bits per heavy atom. The molecule has 162 valence electrons. The molecule has 6 nitrogen and oxygen atoms in total. The summed E-state index contributed by atoms with van der Waals surface area (Å²) in [6, 6.07) is 24.0. The first kappa shape index (κ1) is 22.5. The number of carbonyl (C=O) groups is 1. The molecular weight excluding hydrogens is 410 g/mol. The molecule has 2 N–H and O–H groups in total. The molecule has 7 heteroatoms. The highest BCUT2D eigenvalue weighted by Crippen LogP contribution is 2.24. The van der Waals surface area contributed by atoms with Crippen molar-refractivity contribution in [3.8, 4) is 0 Å². The lowest BCUT2D eigenvalue weighted by atomic mass is 10.0. The second-order valence-electron chi connectivity index (χ2n) is 7.02. The van der Waals surface area contributed by atoms with Crippen molar-refractivity contribution in [3.05, 3.63) is 90.5 Å². The predicted molar refractivity (Wildman–Crippen MR) is 124 cm³/mol. The predicted octanol–water partition coefficient (Wildman–Crippen LogP) is 4.51. The Labute approximate surface area is 184 Å². The van der Waals surface area contributed by atoms with Gasteiger partial charge in [-0.15, -0.1) is 0 Å². The lowest BCUT2D eigenvalue weighted by Crippen LogP contribution is -2.37. The number of benzene rings is 3. The Bertz CT molecular complexity index is 1100. The quantitative estimate of drug-likeness (QED) is 0.516. The number of hydrogen-bond donors (Lipinski definition) is 2. The lowest BCUT2D eigenvalue weighted by molar-refractivity contribution is -0.121. The molecule has 0 heterocycles. The van der Waals surface area contributed by atoms with E-state index in [4.69, 9.17) is 0 Å². The first-order valence-electron chi connectivity index (χ1n) is 10.2. The van der Waals surface area contributed by atoms with E-state index in [2.05, 4.69) is 14.9 Å². The molecule has 1 atom stereocenters. The maximum atomic E-state index is 13.2. The lowest BCUT2D eigenvalue weighted by Gasteiger charge is -2.29. The van der Waals surface area contributed by atoms with Crippen molar-refractivity contribution in [2.75, 3.05) is 23.1 Å². The number of hydrogen-bond acceptors (Lipinski definition) is 4. The van der Waals surface area contributed by atoms with E-state index in [1.165, 1.54) is 12.1 Å². The van der Waals surface area contributed by atoms with E-state index >= 15 is 0 Å². The molecule has 3 rings (SSSR count). The summed E-state index contributed by atoms with van der Waals surface area (Å²) < 4.78 is 27.7. The SMILES string of the molecule is CCN(CC)C(C(=O)Nc1cccc(NS(=O)(=O)c2ccccc2)c1)c1ccccc1. The standard InChI is InChI=1S/C24H27N3O3S/c1-3-27(4-2)23(19-12-7-5-8-13-19)24(28)25-20-14-11-15-21(18-20)26-31(29,30)22-16-9-6-10-17-22/h5-18,23,26H,3-4H2,1-2H3,(H,25,28). The summed E-state index contributed by atoms with van der Waals surface area (Å²) in [6.45, 7) is 5.48. The molecule has 0 aliphatic rings. The summed E-state index contributed by atoms with van der Waals surface area (Å²) in [7, 11) is -3.71. The molecule has 0 aromatic heterocycles. The molecule has 1 unspecified atom stereocenters. The number of nitrogens with one attached hydrogen (secondary N) is 2. The van der Waals surface area contributed by atoms with Gasteiger partial charge < -0.3 is 5.32 Å². The van der Waals surface area contributed by atoms with Crippen LogP contribution in [0.3, 0.4) is 0 Å². The van der Waals surface area contributed by atoms with Crippen LogP contribution in [0.2, 0.25) is 0 Å². The maximum Gasteiger partial charge on any atom is 0.261 e. The van der Waals surface area contributed by atoms with Gasteiger partial charge in [-0.3, -0.25) is 14.4 Å². The Balaban J connectivity index is 1.81. The number of rotatable bonds is 9. The van der Waals surface area contributed by atoms with E-state index < -0.39 is 16.1 Å². The minimum Gasteiger partial charge on any atom is -0.324 e. The first-order chi connectivity index (χ1) is 14.9. The number of nitrogens with zero attached hydrogens (tertiary/aromatic N) is 1. The Hall–Kier alpha value is -3.16. The van der Waals surface area contributed by atoms with Crippen LogP contribution in [0.25, 0.3) is 0 Å². The summed E-state index contributed by atoms with van der Waals surface area (Å²) in [5, 5.41) is 2.94. The van der Waals surface area contributed by atoms with Gasteiger partial charge in [0.25, 0.3) is 10.0 Å². The molecule has 3 aromatic rings. The van der Waals surface area contributed by atoms with Gasteiger partial charge in [-0.1, -0.05) is 68.4 Å². The number of sulfonamides is 1. The molecule has 31 heavy (non-hydrogen) atoms. The van der Waals surface area contributed by atoms with Crippen molar-refractivity contribution in [3.63, 3.8) is 0 Å². The summed E-state index contributed by atoms with van der Waals surface area (Å²) >= 11 is 0. The Kier molecular flexibility index (Phi) is 7.44. The summed E-state index contributed by atoms with van der Waals surface area (Å²) in [4.78, 5) is 15.5. The number of likely N-dealkylation sites (N-methyl/N-ethyl adjacent to an activating group) is 1. The van der Waals surface area contributed by atoms with Gasteiger partial charge in [0.1, 0.15) is 6.04 Å². The largest absolute Gasteiger partial charge is 0.324 e. The van der Waals surface area contributed by atoms with E-state index in [-0.39, 0.29) is 10.8 Å². The third-order valence-electron chi connectivity index (χ3n) is 4.98. The van der Waals surface area contributed by atoms with Gasteiger partial charge in [0, 0.05) is 5.69 Å². The van der Waals surface area contributed by atoms with E-state index in [0.29, 0.717) is 11.4 Å². The van der Waals surface area contributed by atoms with Crippen molar-refractivity contribution in [1.82, 2.24) is 4.90 Å². The number of anilines is 2. The van der Waals surface area contributed by atoms with Crippen LogP contribution in [0.5, 0.6) is 0 Å². The topological polar surface area (TPSA) is 78.5 Å². The van der Waals surface area contributed by atoms with E-state index in [1.54, 1.807) is 42.5 Å². The van der Waals surface area contributed by atoms with Gasteiger partial charge in [-0.05, 0) is 49.0 Å². The summed E-state index contributed by atoms with van der Waals surface area (Å²) in [5.74, 6) is -0.169. The molecule has 0 saturated carbocycles. The van der Waals surface area contributed by atoms with Gasteiger partial charge in [0.15, 0.2) is 0 Å². The fraction of sp³-hybridized carbons (Fsp3) is 0.208. The smallest absolute Gasteiger partial charge is 0.261 e. The zero-order valence-electron chi connectivity index (χ0n) is 17.7. The third-order valence-corrected chi connectivity index (χ3v) is 6.37. The van der Waals surface area contributed by atoms with Crippen LogP contribution in [0.1, 0.15) is 25.5 Å². The molecule has 0 aliphatic heterocycles. The Morgan fingerprint density at radius 1 is 0.839 bits per heavy atom. The highest BCUT2D eigenvalue weighted by molar-refractivity contribution is 7.92. The maximum absolute atomic E-state index is 13.2. The van der Waals surface area contributed by atoms with Crippen molar-refractivity contribution < 1.29 is 13.2 Å². The van der Waals surface area contributed by atoms with Crippen LogP contribution in [0, 0.1) is 0 Å². The van der Waals surface area contributed by atoms with Crippen molar-refractivity contribution in [1.29, 1.82) is 0 Å². The number of carbonyl (C=O) groups excluding carboxylic acids is 1. The summed E-state index contributed by atoms with van der Waals surface area (Å²) in [5.41, 5.74) is 1.80. The molecular formula is C24H27N3O3S. The van der Waals surface area contributed by atoms with E-state index in [9.17, 15) is 13.2 Å². The fourth-order valence-corrected chi connectivity index (χ4v) is 4.51. The van der Waals surface area contributed by atoms with Gasteiger partial charge in [-0.2, -0.15) is 0 Å². The van der Waals surface area contributed by atoms with E-state index in [1.807, 2.05) is 44.2 Å². The van der Waals surface area contributed by atoms with Crippen LogP contribution < -0.4 is 10.0 Å². The highest BCUT2D eigenvalue weighted by Gasteiger charge is 2.26. The zero-order chi connectivity index (χ0) is 22.3. The molecule has 0 radical (unpaired) electrons. The second kappa shape index (κ2) is 10.2. The van der Waals surface area contributed by atoms with Crippen LogP contribution in [0.4, 0.5) is 11.4 Å². The molecule has 1 amide bonds. The molecule has 0 aliphatic carbocycles. The van der Waals surface area contributed by atoms with Crippen molar-refractivity contribution >= 4 is 27.3 Å². The van der Waals surface area contributed by atoms with Gasteiger partial charge in [0.05, 0.1) is 10.6 Å². The van der Waals surface area contributed by atoms with Crippen LogP contribution in [-0.2, 0) is 14.8 Å². The summed E-state index contributed by atoms with van der Waals surface area (Å²) in [6.07, 6.45) is 0. The van der Waals surface area contributed by atoms with Crippen molar-refractivity contribution in [2.45, 2.75) is 24.8 Å². The van der Waals surface area contributed by atoms with Crippen LogP contribution in [0.15, 0.2) is 89.8 Å². The highest BCUT2D eigenvalue weighted by atomic mass is 32.2. The van der Waals surface area contributed by atoms with E-state index in [0.717, 1.165) is 18.7 Å². The second-order valence-corrected chi connectivity index (χ2v) is 8.71.